The van der Waals surface area contributed by atoms with Crippen molar-refractivity contribution in [2.45, 2.75) is 184 Å². The van der Waals surface area contributed by atoms with Gasteiger partial charge in [0.1, 0.15) is 6.10 Å². The Bertz CT molecular complexity index is 1320. The molecule has 0 aromatic carbocycles. The molecule has 3 saturated carbocycles. The Hall–Kier alpha value is -1.68. The molecular weight excluding hydrogens is 679 g/mol. The van der Waals surface area contributed by atoms with Crippen LogP contribution < -0.4 is 5.32 Å². The van der Waals surface area contributed by atoms with Gasteiger partial charge in [-0.3, -0.25) is 0 Å². The van der Waals surface area contributed by atoms with Crippen LogP contribution in [0.1, 0.15) is 178 Å². The van der Waals surface area contributed by atoms with Crippen LogP contribution in [0.5, 0.6) is 0 Å². The van der Waals surface area contributed by atoms with Crippen molar-refractivity contribution >= 4 is 17.9 Å². The van der Waals surface area contributed by atoms with Crippen LogP contribution >= 0.6 is 11.8 Å². The second kappa shape index (κ2) is 22.9. The molecule has 4 heteroatoms. The third-order valence-corrected chi connectivity index (χ3v) is 15.4. The number of thioether (sulfide) groups is 1. The summed E-state index contributed by atoms with van der Waals surface area (Å²) >= 11 is 1.90. The van der Waals surface area contributed by atoms with Crippen LogP contribution in [0.15, 0.2) is 58.2 Å². The molecule has 0 heterocycles. The number of hydrogen-bond acceptors (Lipinski definition) is 3. The van der Waals surface area contributed by atoms with Gasteiger partial charge in [0.15, 0.2) is 0 Å². The topological polar surface area (TPSA) is 38.3 Å². The lowest BCUT2D eigenvalue weighted by Crippen LogP contribution is -2.51. The van der Waals surface area contributed by atoms with Crippen molar-refractivity contribution in [2.24, 2.45) is 46.3 Å². The molecule has 0 saturated heterocycles. The first-order valence-electron chi connectivity index (χ1n) is 22.3. The summed E-state index contributed by atoms with van der Waals surface area (Å²) in [5.74, 6) is 6.42. The minimum atomic E-state index is -0.277. The second-order valence-electron chi connectivity index (χ2n) is 19.1. The van der Waals surface area contributed by atoms with E-state index < -0.39 is 0 Å². The maximum atomic E-state index is 11.7. The molecule has 8 unspecified atom stereocenters. The van der Waals surface area contributed by atoms with Gasteiger partial charge in [0, 0.05) is 19.2 Å². The number of nitrogens with one attached hydrogen (secondary N) is 1. The molecule has 4 aliphatic rings. The van der Waals surface area contributed by atoms with Gasteiger partial charge in [-0.05, 0) is 171 Å². The second-order valence-corrected chi connectivity index (χ2v) is 20.0. The Labute approximate surface area is 339 Å². The zero-order valence-electron chi connectivity index (χ0n) is 37.4. The van der Waals surface area contributed by atoms with Gasteiger partial charge in [-0.25, -0.2) is 4.79 Å². The molecule has 0 aromatic rings. The standard InChI is InChI=1S/C29H49NO2.C21H36S/c1-19(2)8-7-9-20(3)24-12-13-25-23-11-10-21-18-22(32-27(31)30-6)14-16-28(21,4)26(23)15-17-29(24,25)5;1-7-18(2)11-8-12-19(3)13-9-14-20(4)15-10-16-21(5)17-22-6/h10,19-20,22-26H,7-9,11-18H2,1-6H3,(H,30,31);7,12,14,16H,8-11,13,15,17H2,1-6H3/b;18-7+,19-12+,20-14+,21-16+. The fourth-order valence-corrected chi connectivity index (χ4v) is 11.8. The van der Waals surface area contributed by atoms with Gasteiger partial charge in [0.05, 0.1) is 0 Å². The van der Waals surface area contributed by atoms with E-state index in [1.807, 2.05) is 11.8 Å². The molecule has 4 aliphatic carbocycles. The van der Waals surface area contributed by atoms with Gasteiger partial charge in [-0.15, -0.1) is 0 Å². The normalized spacial score (nSPS) is 30.8. The average molecular weight is 764 g/mol. The van der Waals surface area contributed by atoms with Crippen LogP contribution in [0.4, 0.5) is 4.79 Å². The Morgan fingerprint density at radius 3 is 2.09 bits per heavy atom. The fraction of sp³-hybridized carbons (Fsp3) is 0.780. The van der Waals surface area contributed by atoms with Crippen molar-refractivity contribution in [3.05, 3.63) is 58.2 Å². The summed E-state index contributed by atoms with van der Waals surface area (Å²) in [4.78, 5) is 11.7. The minimum Gasteiger partial charge on any atom is -0.446 e. The minimum absolute atomic E-state index is 0.0576. The molecule has 0 bridgehead atoms. The van der Waals surface area contributed by atoms with Gasteiger partial charge in [-0.2, -0.15) is 11.8 Å². The first-order chi connectivity index (χ1) is 25.7. The Morgan fingerprint density at radius 1 is 0.870 bits per heavy atom. The van der Waals surface area contributed by atoms with Crippen molar-refractivity contribution < 1.29 is 9.53 Å². The van der Waals surface area contributed by atoms with E-state index in [2.05, 4.69) is 111 Å². The number of rotatable bonds is 17. The van der Waals surface area contributed by atoms with Crippen molar-refractivity contribution in [3.8, 4) is 0 Å². The van der Waals surface area contributed by atoms with E-state index in [1.54, 1.807) is 12.6 Å². The van der Waals surface area contributed by atoms with Gasteiger partial charge < -0.3 is 10.1 Å². The maximum absolute atomic E-state index is 11.7. The predicted molar refractivity (Wildman–Crippen MR) is 239 cm³/mol. The van der Waals surface area contributed by atoms with Gasteiger partial charge >= 0.3 is 6.09 Å². The zero-order valence-corrected chi connectivity index (χ0v) is 38.2. The van der Waals surface area contributed by atoms with E-state index in [4.69, 9.17) is 4.74 Å². The molecule has 3 nitrogen and oxygen atoms in total. The average Bonchev–Trinajstić information content (AvgIpc) is 3.49. The molecule has 0 aromatic heterocycles. The van der Waals surface area contributed by atoms with E-state index >= 15 is 0 Å². The lowest BCUT2D eigenvalue weighted by Gasteiger charge is -2.58. The van der Waals surface area contributed by atoms with Crippen LogP contribution in [-0.4, -0.2) is 31.3 Å². The highest BCUT2D eigenvalue weighted by molar-refractivity contribution is 7.98. The molecule has 1 N–H and O–H groups in total. The molecule has 1 amide bonds. The molecule has 4 rings (SSSR count). The van der Waals surface area contributed by atoms with Gasteiger partial charge in [0.25, 0.3) is 0 Å². The first-order valence-corrected chi connectivity index (χ1v) is 23.7. The quantitative estimate of drug-likeness (QED) is 0.150. The van der Waals surface area contributed by atoms with Crippen molar-refractivity contribution in [1.82, 2.24) is 5.32 Å². The largest absolute Gasteiger partial charge is 0.446 e. The maximum Gasteiger partial charge on any atom is 0.407 e. The molecule has 0 aliphatic heterocycles. The first kappa shape index (κ1) is 46.7. The monoisotopic (exact) mass is 764 g/mol. The van der Waals surface area contributed by atoms with E-state index in [9.17, 15) is 4.79 Å². The summed E-state index contributed by atoms with van der Waals surface area (Å²) in [5, 5.41) is 2.62. The Morgan fingerprint density at radius 2 is 1.50 bits per heavy atom. The Kier molecular flexibility index (Phi) is 19.8. The molecule has 8 atom stereocenters. The number of ether oxygens (including phenoxy) is 1. The summed E-state index contributed by atoms with van der Waals surface area (Å²) in [6.45, 7) is 23.6. The lowest BCUT2D eigenvalue weighted by molar-refractivity contribution is -0.0580. The molecule has 54 heavy (non-hydrogen) atoms. The molecule has 308 valence electrons. The number of allylic oxidation sites excluding steroid dienone is 8. The summed E-state index contributed by atoms with van der Waals surface area (Å²) in [5.41, 5.74) is 8.54. The van der Waals surface area contributed by atoms with Crippen LogP contribution in [0.2, 0.25) is 0 Å². The zero-order chi connectivity index (χ0) is 39.9. The van der Waals surface area contributed by atoms with Gasteiger partial charge in [0.2, 0.25) is 0 Å². The molecule has 3 fully saturated rings. The van der Waals surface area contributed by atoms with Crippen LogP contribution in [0, 0.1) is 46.3 Å². The van der Waals surface area contributed by atoms with E-state index in [0.29, 0.717) is 10.8 Å². The third kappa shape index (κ3) is 13.5. The highest BCUT2D eigenvalue weighted by Crippen LogP contribution is 2.67. The predicted octanol–water partition coefficient (Wildman–Crippen LogP) is 15.2. The SMILES string of the molecule is C/C=C(\C)CC/C=C(\C)CC/C=C(\C)CC/C=C(\C)CSC.CNC(=O)OC1CCC2(C)C(=CCC3C2CCC2(C)C(C(C)CCCC(C)C)CCC32)C1. The molecule has 0 radical (unpaired) electrons. The van der Waals surface area contributed by atoms with Gasteiger partial charge in [-0.1, -0.05) is 112 Å². The van der Waals surface area contributed by atoms with Crippen molar-refractivity contribution in [1.29, 1.82) is 0 Å². The summed E-state index contributed by atoms with van der Waals surface area (Å²) in [6.07, 6.45) is 35.5. The smallest absolute Gasteiger partial charge is 0.407 e. The number of amides is 1. The fourth-order valence-electron chi connectivity index (χ4n) is 11.2. The van der Waals surface area contributed by atoms with E-state index in [1.165, 1.54) is 124 Å². The number of alkyl carbamates (subject to hydrolysis) is 1. The van der Waals surface area contributed by atoms with Crippen molar-refractivity contribution in [2.75, 3.05) is 19.1 Å². The number of carbonyl (C=O) groups is 1. The number of hydrogen-bond donors (Lipinski definition) is 1. The summed E-state index contributed by atoms with van der Waals surface area (Å²) < 4.78 is 5.65. The number of fused-ring (bicyclic) bond motifs is 5. The Balaban J connectivity index is 0.000000315. The van der Waals surface area contributed by atoms with Crippen LogP contribution in [0.25, 0.3) is 0 Å². The summed E-state index contributed by atoms with van der Waals surface area (Å²) in [7, 11) is 1.65. The lowest BCUT2D eigenvalue weighted by atomic mass is 9.47. The van der Waals surface area contributed by atoms with Crippen LogP contribution in [0.3, 0.4) is 0 Å². The van der Waals surface area contributed by atoms with Crippen molar-refractivity contribution in [3.63, 3.8) is 0 Å². The highest BCUT2D eigenvalue weighted by Gasteiger charge is 2.59. The third-order valence-electron chi connectivity index (χ3n) is 14.7. The summed E-state index contributed by atoms with van der Waals surface area (Å²) in [6, 6.07) is 0. The van der Waals surface area contributed by atoms with Crippen LogP contribution in [-0.2, 0) is 4.74 Å². The highest BCUT2D eigenvalue weighted by atomic mass is 32.2. The van der Waals surface area contributed by atoms with E-state index in [0.717, 1.165) is 48.3 Å². The molecule has 0 spiro atoms. The number of carbonyl (C=O) groups excluding carboxylic acids is 1. The molecular formula is C50H85NO2S. The van der Waals surface area contributed by atoms with E-state index in [-0.39, 0.29) is 12.2 Å².